The summed E-state index contributed by atoms with van der Waals surface area (Å²) in [4.78, 5) is 38.4. The number of hydrogen-bond donors (Lipinski definition) is 2. The van der Waals surface area contributed by atoms with E-state index < -0.39 is 5.60 Å². The summed E-state index contributed by atoms with van der Waals surface area (Å²) < 4.78 is 0. The first-order valence-corrected chi connectivity index (χ1v) is 10.8. The van der Waals surface area contributed by atoms with Crippen LogP contribution in [0, 0.1) is 0 Å². The lowest BCUT2D eigenvalue weighted by Crippen LogP contribution is -2.50. The number of amides is 2. The van der Waals surface area contributed by atoms with E-state index in [4.69, 9.17) is 0 Å². The fourth-order valence-corrected chi connectivity index (χ4v) is 4.32. The van der Waals surface area contributed by atoms with Crippen molar-refractivity contribution in [3.8, 4) is 0 Å². The van der Waals surface area contributed by atoms with Gasteiger partial charge in [0.2, 0.25) is 11.9 Å². The van der Waals surface area contributed by atoms with E-state index in [0.717, 1.165) is 32.4 Å². The smallest absolute Gasteiger partial charge is 0.256 e. The zero-order chi connectivity index (χ0) is 21.7. The summed E-state index contributed by atoms with van der Waals surface area (Å²) in [6, 6.07) is 0.233. The number of piperidine rings is 1. The predicted molar refractivity (Wildman–Crippen MR) is 114 cm³/mol. The van der Waals surface area contributed by atoms with E-state index in [1.807, 2.05) is 14.1 Å². The van der Waals surface area contributed by atoms with Crippen LogP contribution in [0.4, 0.5) is 5.95 Å². The van der Waals surface area contributed by atoms with Gasteiger partial charge in [-0.1, -0.05) is 0 Å². The van der Waals surface area contributed by atoms with Crippen LogP contribution in [-0.4, -0.2) is 95.2 Å². The van der Waals surface area contributed by atoms with Gasteiger partial charge in [-0.15, -0.1) is 0 Å². The van der Waals surface area contributed by atoms with E-state index in [1.54, 1.807) is 29.1 Å². The number of hydrogen-bond acceptors (Lipinski definition) is 7. The van der Waals surface area contributed by atoms with E-state index in [1.165, 1.54) is 0 Å². The largest absolute Gasteiger partial charge is 0.388 e. The van der Waals surface area contributed by atoms with Crippen LogP contribution < -0.4 is 10.2 Å². The Kier molecular flexibility index (Phi) is 7.25. The van der Waals surface area contributed by atoms with E-state index in [0.29, 0.717) is 44.0 Å². The Morgan fingerprint density at radius 1 is 1.17 bits per heavy atom. The summed E-state index contributed by atoms with van der Waals surface area (Å²) in [5.41, 5.74) is -0.313. The second kappa shape index (κ2) is 9.70. The maximum absolute atomic E-state index is 12.9. The number of nitrogens with one attached hydrogen (secondary N) is 1. The lowest BCUT2D eigenvalue weighted by molar-refractivity contribution is -0.120. The topological polar surface area (TPSA) is 102 Å². The van der Waals surface area contributed by atoms with Crippen LogP contribution in [0.5, 0.6) is 0 Å². The van der Waals surface area contributed by atoms with Crippen LogP contribution in [0.1, 0.15) is 49.4 Å². The third kappa shape index (κ3) is 5.89. The normalized spacial score (nSPS) is 23.7. The second-order valence-electron chi connectivity index (χ2n) is 8.79. The molecule has 2 aliphatic heterocycles. The Bertz CT molecular complexity index is 733. The number of carbonyl (C=O) groups excluding carboxylic acids is 2. The molecule has 1 atom stereocenters. The molecule has 0 aromatic carbocycles. The quantitative estimate of drug-likeness (QED) is 0.718. The number of nitrogens with zero attached hydrogens (tertiary/aromatic N) is 5. The highest BCUT2D eigenvalue weighted by Gasteiger charge is 2.34. The van der Waals surface area contributed by atoms with E-state index in [2.05, 4.69) is 20.2 Å². The Hall–Kier alpha value is -2.26. The summed E-state index contributed by atoms with van der Waals surface area (Å²) in [7, 11) is 3.71. The van der Waals surface area contributed by atoms with Gasteiger partial charge in [0.05, 0.1) is 11.2 Å². The van der Waals surface area contributed by atoms with Crippen molar-refractivity contribution < 1.29 is 14.7 Å². The Morgan fingerprint density at radius 2 is 1.83 bits per heavy atom. The highest BCUT2D eigenvalue weighted by atomic mass is 16.3. The van der Waals surface area contributed by atoms with Crippen molar-refractivity contribution in [2.45, 2.75) is 50.7 Å². The molecule has 0 radical (unpaired) electrons. The molecule has 30 heavy (non-hydrogen) atoms. The molecule has 3 heterocycles. The molecule has 0 unspecified atom stereocenters. The van der Waals surface area contributed by atoms with Gasteiger partial charge in [0, 0.05) is 72.2 Å². The van der Waals surface area contributed by atoms with E-state index >= 15 is 0 Å². The molecular formula is C21H34N6O3. The van der Waals surface area contributed by atoms with Crippen molar-refractivity contribution in [1.82, 2.24) is 25.1 Å². The molecule has 0 bridgehead atoms. The van der Waals surface area contributed by atoms with Crippen molar-refractivity contribution in [3.63, 3.8) is 0 Å². The monoisotopic (exact) mass is 418 g/mol. The van der Waals surface area contributed by atoms with Gasteiger partial charge in [0.25, 0.3) is 5.91 Å². The van der Waals surface area contributed by atoms with E-state index in [9.17, 15) is 14.7 Å². The average molecular weight is 419 g/mol. The Balaban J connectivity index is 1.52. The van der Waals surface area contributed by atoms with Gasteiger partial charge >= 0.3 is 0 Å². The molecule has 3 rings (SSSR count). The molecule has 1 aromatic heterocycles. The van der Waals surface area contributed by atoms with Gasteiger partial charge in [0.1, 0.15) is 0 Å². The van der Waals surface area contributed by atoms with Crippen molar-refractivity contribution in [1.29, 1.82) is 0 Å². The fourth-order valence-electron chi connectivity index (χ4n) is 4.32. The van der Waals surface area contributed by atoms with Gasteiger partial charge < -0.3 is 25.1 Å². The van der Waals surface area contributed by atoms with Gasteiger partial charge in [-0.25, -0.2) is 9.97 Å². The van der Waals surface area contributed by atoms with Gasteiger partial charge in [-0.3, -0.25) is 9.59 Å². The predicted octanol–water partition coefficient (Wildman–Crippen LogP) is 0.500. The fraction of sp³-hybridized carbons (Fsp3) is 0.714. The SMILES string of the molecule is CC(=O)NC1CCN(C[C@]2(O)CCCN(C(=O)c3cnc(N(C)C)nc3)CC2)CC1. The minimum Gasteiger partial charge on any atom is -0.388 e. The molecule has 0 aliphatic carbocycles. The molecule has 2 saturated heterocycles. The molecule has 2 amide bonds. The molecule has 166 valence electrons. The lowest BCUT2D eigenvalue weighted by atomic mass is 9.93. The number of β-amino-alcohol motifs (C(OH)–C–C–N with tert-alkyl or cyclic N) is 1. The third-order valence-electron chi connectivity index (χ3n) is 6.00. The number of rotatable bonds is 5. The summed E-state index contributed by atoms with van der Waals surface area (Å²) >= 11 is 0. The molecule has 2 aliphatic rings. The first kappa shape index (κ1) is 22.4. The molecule has 0 spiro atoms. The Labute approximate surface area is 178 Å². The van der Waals surface area contributed by atoms with Crippen LogP contribution >= 0.6 is 0 Å². The summed E-state index contributed by atoms with van der Waals surface area (Å²) in [6.07, 6.45) is 6.95. The van der Waals surface area contributed by atoms with Gasteiger partial charge in [0.15, 0.2) is 0 Å². The first-order chi connectivity index (χ1) is 14.3. The number of aromatic nitrogens is 2. The molecular weight excluding hydrogens is 384 g/mol. The molecule has 0 saturated carbocycles. The minimum absolute atomic E-state index is 0.0161. The molecule has 1 aromatic rings. The van der Waals surface area contributed by atoms with Crippen molar-refractivity contribution in [2.75, 3.05) is 51.7 Å². The minimum atomic E-state index is -0.791. The molecule has 2 fully saturated rings. The number of likely N-dealkylation sites (tertiary alicyclic amines) is 2. The highest BCUT2D eigenvalue weighted by molar-refractivity contribution is 5.93. The maximum atomic E-state index is 12.9. The lowest BCUT2D eigenvalue weighted by Gasteiger charge is -2.38. The van der Waals surface area contributed by atoms with Gasteiger partial charge in [-0.05, 0) is 32.1 Å². The molecule has 9 heteroatoms. The van der Waals surface area contributed by atoms with Crippen LogP contribution in [0.25, 0.3) is 0 Å². The van der Waals surface area contributed by atoms with E-state index in [-0.39, 0.29) is 17.9 Å². The zero-order valence-electron chi connectivity index (χ0n) is 18.3. The standard InChI is InChI=1S/C21H34N6O3/c1-16(28)24-18-5-10-26(11-6-18)15-21(30)7-4-9-27(12-8-21)19(29)17-13-22-20(23-14-17)25(2)3/h13-14,18,30H,4-12,15H2,1-3H3,(H,24,28)/t21-/m0/s1. The summed E-state index contributed by atoms with van der Waals surface area (Å²) in [5, 5.41) is 14.2. The van der Waals surface area contributed by atoms with Crippen molar-refractivity contribution in [3.05, 3.63) is 18.0 Å². The Morgan fingerprint density at radius 3 is 2.43 bits per heavy atom. The third-order valence-corrected chi connectivity index (χ3v) is 6.00. The van der Waals surface area contributed by atoms with Crippen molar-refractivity contribution in [2.24, 2.45) is 0 Å². The van der Waals surface area contributed by atoms with Crippen LogP contribution in [0.3, 0.4) is 0 Å². The van der Waals surface area contributed by atoms with Crippen LogP contribution in [-0.2, 0) is 4.79 Å². The zero-order valence-corrected chi connectivity index (χ0v) is 18.3. The highest BCUT2D eigenvalue weighted by Crippen LogP contribution is 2.26. The number of anilines is 1. The second-order valence-corrected chi connectivity index (χ2v) is 8.79. The molecule has 2 N–H and O–H groups in total. The number of aliphatic hydroxyl groups is 1. The number of carbonyl (C=O) groups is 2. The average Bonchev–Trinajstić information content (AvgIpc) is 2.90. The first-order valence-electron chi connectivity index (χ1n) is 10.8. The van der Waals surface area contributed by atoms with Crippen LogP contribution in [0.2, 0.25) is 0 Å². The maximum Gasteiger partial charge on any atom is 0.256 e. The van der Waals surface area contributed by atoms with Gasteiger partial charge in [-0.2, -0.15) is 0 Å². The van der Waals surface area contributed by atoms with Crippen LogP contribution in [0.15, 0.2) is 12.4 Å². The summed E-state index contributed by atoms with van der Waals surface area (Å²) in [6.45, 7) is 5.05. The van der Waals surface area contributed by atoms with Crippen molar-refractivity contribution >= 4 is 17.8 Å². The molecule has 9 nitrogen and oxygen atoms in total. The summed E-state index contributed by atoms with van der Waals surface area (Å²) in [5.74, 6) is 0.502.